The monoisotopic (exact) mass is 328 g/mol. The third kappa shape index (κ3) is 2.82. The molecule has 2 aliphatic rings. The van der Waals surface area contributed by atoms with Crippen LogP contribution in [0.4, 0.5) is 0 Å². The van der Waals surface area contributed by atoms with E-state index in [9.17, 15) is 0 Å². The highest BCUT2D eigenvalue weighted by molar-refractivity contribution is 9.11. The molecule has 1 atom stereocenters. The van der Waals surface area contributed by atoms with Crippen LogP contribution in [-0.2, 0) is 6.54 Å². The Balaban J connectivity index is 1.70. The van der Waals surface area contributed by atoms with Crippen molar-refractivity contribution in [3.8, 4) is 0 Å². The van der Waals surface area contributed by atoms with Crippen LogP contribution >= 0.6 is 27.3 Å². The second-order valence-corrected chi connectivity index (χ2v) is 8.77. The summed E-state index contributed by atoms with van der Waals surface area (Å²) >= 11 is 5.42. The van der Waals surface area contributed by atoms with Gasteiger partial charge in [-0.1, -0.05) is 0 Å². The fourth-order valence-corrected chi connectivity index (χ4v) is 4.26. The zero-order valence-electron chi connectivity index (χ0n) is 11.1. The molecule has 2 fully saturated rings. The van der Waals surface area contributed by atoms with Crippen LogP contribution < -0.4 is 5.32 Å². The smallest absolute Gasteiger partial charge is 0.0701 e. The van der Waals surface area contributed by atoms with Crippen molar-refractivity contribution < 1.29 is 0 Å². The van der Waals surface area contributed by atoms with Gasteiger partial charge in [0.15, 0.2) is 0 Å². The molecule has 1 aliphatic carbocycles. The highest BCUT2D eigenvalue weighted by atomic mass is 79.9. The van der Waals surface area contributed by atoms with Crippen molar-refractivity contribution in [3.05, 3.63) is 20.8 Å². The van der Waals surface area contributed by atoms with Gasteiger partial charge in [-0.25, -0.2) is 0 Å². The molecule has 1 aromatic heterocycles. The summed E-state index contributed by atoms with van der Waals surface area (Å²) < 4.78 is 1.24. The van der Waals surface area contributed by atoms with Crippen LogP contribution in [0.1, 0.15) is 31.6 Å². The molecule has 1 N–H and O–H groups in total. The zero-order valence-corrected chi connectivity index (χ0v) is 13.5. The number of hydrogen-bond acceptors (Lipinski definition) is 3. The summed E-state index contributed by atoms with van der Waals surface area (Å²) in [6.45, 7) is 8.11. The van der Waals surface area contributed by atoms with Crippen LogP contribution in [0.3, 0.4) is 0 Å². The van der Waals surface area contributed by atoms with Crippen LogP contribution in [0.5, 0.6) is 0 Å². The molecule has 1 saturated carbocycles. The van der Waals surface area contributed by atoms with Gasteiger partial charge in [-0.3, -0.25) is 4.90 Å². The number of nitrogens with one attached hydrogen (secondary N) is 1. The normalized spacial score (nSPS) is 28.5. The topological polar surface area (TPSA) is 15.3 Å². The van der Waals surface area contributed by atoms with E-state index in [0.717, 1.165) is 25.0 Å². The van der Waals surface area contributed by atoms with Crippen LogP contribution in [0.15, 0.2) is 15.9 Å². The van der Waals surface area contributed by atoms with E-state index in [1.165, 1.54) is 28.0 Å². The van der Waals surface area contributed by atoms with Crippen molar-refractivity contribution in [2.24, 2.45) is 5.92 Å². The minimum Gasteiger partial charge on any atom is -0.311 e. The van der Waals surface area contributed by atoms with Crippen molar-refractivity contribution in [2.45, 2.75) is 44.8 Å². The standard InChI is InChI=1S/C14H21BrN2S/c1-14(2)9-16-12(10-3-4-10)8-17(14)7-11-5-6-13(15)18-11/h5-6,10,12,16H,3-4,7-9H2,1-2H3. The Hall–Kier alpha value is 0.1000. The maximum atomic E-state index is 3.74. The number of hydrogen-bond donors (Lipinski definition) is 1. The van der Waals surface area contributed by atoms with Crippen molar-refractivity contribution in [1.29, 1.82) is 0 Å². The van der Waals surface area contributed by atoms with E-state index >= 15 is 0 Å². The van der Waals surface area contributed by atoms with Gasteiger partial charge < -0.3 is 5.32 Å². The first kappa shape index (κ1) is 13.1. The number of halogens is 1. The second kappa shape index (κ2) is 4.89. The lowest BCUT2D eigenvalue weighted by Gasteiger charge is -2.46. The average molecular weight is 329 g/mol. The van der Waals surface area contributed by atoms with Gasteiger partial charge in [-0.05, 0) is 60.7 Å². The minimum atomic E-state index is 0.266. The Labute approximate surface area is 122 Å². The van der Waals surface area contributed by atoms with Crippen molar-refractivity contribution >= 4 is 27.3 Å². The van der Waals surface area contributed by atoms with Crippen LogP contribution in [0, 0.1) is 5.92 Å². The minimum absolute atomic E-state index is 0.266. The SMILES string of the molecule is CC1(C)CNC(C2CC2)CN1Cc1ccc(Br)s1. The first-order valence-corrected chi connectivity index (χ1v) is 8.38. The van der Waals surface area contributed by atoms with Crippen molar-refractivity contribution in [1.82, 2.24) is 10.2 Å². The number of piperazine rings is 1. The van der Waals surface area contributed by atoms with E-state index < -0.39 is 0 Å². The average Bonchev–Trinajstić information content (AvgIpc) is 3.06. The number of rotatable bonds is 3. The first-order valence-electron chi connectivity index (χ1n) is 6.77. The molecule has 4 heteroatoms. The lowest BCUT2D eigenvalue weighted by molar-refractivity contribution is 0.0543. The maximum Gasteiger partial charge on any atom is 0.0701 e. The predicted octanol–water partition coefficient (Wildman–Crippen LogP) is 3.47. The Kier molecular flexibility index (Phi) is 3.56. The summed E-state index contributed by atoms with van der Waals surface area (Å²) in [6, 6.07) is 5.13. The Morgan fingerprint density at radius 3 is 2.83 bits per heavy atom. The molecule has 3 rings (SSSR count). The molecule has 2 nitrogen and oxygen atoms in total. The lowest BCUT2D eigenvalue weighted by Crippen LogP contribution is -2.62. The quantitative estimate of drug-likeness (QED) is 0.913. The molecule has 0 bridgehead atoms. The largest absolute Gasteiger partial charge is 0.311 e. The highest BCUT2D eigenvalue weighted by Gasteiger charge is 2.40. The molecule has 1 aliphatic heterocycles. The molecule has 100 valence electrons. The Morgan fingerprint density at radius 2 is 2.22 bits per heavy atom. The van der Waals surface area contributed by atoms with Gasteiger partial charge in [-0.15, -0.1) is 11.3 Å². The van der Waals surface area contributed by atoms with Gasteiger partial charge in [0.25, 0.3) is 0 Å². The fraction of sp³-hybridized carbons (Fsp3) is 0.714. The third-order valence-corrected chi connectivity index (χ3v) is 5.85. The van der Waals surface area contributed by atoms with E-state index in [1.807, 2.05) is 11.3 Å². The summed E-state index contributed by atoms with van der Waals surface area (Å²) in [7, 11) is 0. The van der Waals surface area contributed by atoms with E-state index in [0.29, 0.717) is 0 Å². The highest BCUT2D eigenvalue weighted by Crippen LogP contribution is 2.36. The van der Waals surface area contributed by atoms with Gasteiger partial charge in [0, 0.05) is 36.1 Å². The van der Waals surface area contributed by atoms with Crippen molar-refractivity contribution in [2.75, 3.05) is 13.1 Å². The summed E-state index contributed by atoms with van der Waals surface area (Å²) in [5.41, 5.74) is 0.266. The molecule has 18 heavy (non-hydrogen) atoms. The fourth-order valence-electron chi connectivity index (χ4n) is 2.76. The van der Waals surface area contributed by atoms with Gasteiger partial charge in [-0.2, -0.15) is 0 Å². The van der Waals surface area contributed by atoms with E-state index in [2.05, 4.69) is 52.1 Å². The number of nitrogens with zero attached hydrogens (tertiary/aromatic N) is 1. The van der Waals surface area contributed by atoms with Crippen LogP contribution in [0.25, 0.3) is 0 Å². The predicted molar refractivity (Wildman–Crippen MR) is 81.0 cm³/mol. The molecular formula is C14H21BrN2S. The summed E-state index contributed by atoms with van der Waals surface area (Å²) in [5, 5.41) is 3.74. The molecule has 0 aromatic carbocycles. The van der Waals surface area contributed by atoms with Gasteiger partial charge in [0.05, 0.1) is 3.79 Å². The molecular weight excluding hydrogens is 308 g/mol. The van der Waals surface area contributed by atoms with E-state index in [-0.39, 0.29) is 5.54 Å². The third-order valence-electron chi connectivity index (χ3n) is 4.24. The van der Waals surface area contributed by atoms with E-state index in [4.69, 9.17) is 0 Å². The first-order chi connectivity index (χ1) is 8.54. The second-order valence-electron chi connectivity index (χ2n) is 6.22. The van der Waals surface area contributed by atoms with Crippen LogP contribution in [0.2, 0.25) is 0 Å². The lowest BCUT2D eigenvalue weighted by atomic mass is 9.95. The zero-order chi connectivity index (χ0) is 12.8. The maximum absolute atomic E-state index is 3.74. The molecule has 1 unspecified atom stereocenters. The molecule has 1 aromatic rings. The molecule has 2 heterocycles. The molecule has 1 saturated heterocycles. The summed E-state index contributed by atoms with van der Waals surface area (Å²) in [6.07, 6.45) is 2.85. The van der Waals surface area contributed by atoms with Gasteiger partial charge >= 0.3 is 0 Å². The molecule has 0 amide bonds. The number of thiophene rings is 1. The Bertz CT molecular complexity index is 425. The van der Waals surface area contributed by atoms with Gasteiger partial charge in [0.1, 0.15) is 0 Å². The van der Waals surface area contributed by atoms with Crippen LogP contribution in [-0.4, -0.2) is 29.6 Å². The van der Waals surface area contributed by atoms with E-state index in [1.54, 1.807) is 0 Å². The Morgan fingerprint density at radius 1 is 1.44 bits per heavy atom. The summed E-state index contributed by atoms with van der Waals surface area (Å²) in [5.74, 6) is 0.943. The van der Waals surface area contributed by atoms with Crippen molar-refractivity contribution in [3.63, 3.8) is 0 Å². The molecule has 0 radical (unpaired) electrons. The molecule has 0 spiro atoms. The summed E-state index contributed by atoms with van der Waals surface area (Å²) in [4.78, 5) is 4.12. The van der Waals surface area contributed by atoms with Gasteiger partial charge in [0.2, 0.25) is 0 Å².